The molecule has 3 aromatic rings. The number of aldehydes is 1. The second-order valence-corrected chi connectivity index (χ2v) is 9.92. The van der Waals surface area contributed by atoms with Gasteiger partial charge in [0.25, 0.3) is 11.8 Å². The van der Waals surface area contributed by atoms with Crippen LogP contribution in [0.5, 0.6) is 5.75 Å². The predicted octanol–water partition coefficient (Wildman–Crippen LogP) is 4.11. The first-order valence-electron chi connectivity index (χ1n) is 13.0. The maximum absolute atomic E-state index is 14.2. The molecule has 2 amide bonds. The van der Waals surface area contributed by atoms with Crippen LogP contribution in [0.1, 0.15) is 58.5 Å². The molecule has 8 nitrogen and oxygen atoms in total. The van der Waals surface area contributed by atoms with Gasteiger partial charge in [-0.05, 0) is 31.4 Å². The molecule has 0 fully saturated rings. The Morgan fingerprint density at radius 3 is 2.56 bits per heavy atom. The normalized spacial score (nSPS) is 16.5. The standard InChI is InChI=1S/C30H26F3N3O5.H2/c1-17(6-5-11-37)35-15-20-9-10-24-25(29(39)34-14-21-22(32)12-19(31)13-23(21)33)27(38)28(26(30(35)40)36(20)24)41-16-18-7-3-2-4-8-18;/h2-8,11-13,17,20H,9-10,14-16H2,1H3,(H,34,39);1H/b6-5-;/t17-,20+;/m0./s1. The first-order valence-corrected chi connectivity index (χ1v) is 13.0. The third-order valence-corrected chi connectivity index (χ3v) is 7.36. The molecular formula is C30H28F3N3O5. The number of hydrogen-bond donors (Lipinski definition) is 1. The summed E-state index contributed by atoms with van der Waals surface area (Å²) in [5.41, 5.74) is -0.617. The molecule has 1 aromatic heterocycles. The Labute approximate surface area is 234 Å². The molecule has 1 N–H and O–H groups in total. The first kappa shape index (κ1) is 27.9. The van der Waals surface area contributed by atoms with E-state index in [9.17, 15) is 32.3 Å². The van der Waals surface area contributed by atoms with Crippen LogP contribution in [0, 0.1) is 17.5 Å². The summed E-state index contributed by atoms with van der Waals surface area (Å²) >= 11 is 0. The van der Waals surface area contributed by atoms with E-state index in [-0.39, 0.29) is 37.6 Å². The van der Waals surface area contributed by atoms with Crippen molar-refractivity contribution in [1.82, 2.24) is 14.8 Å². The maximum atomic E-state index is 14.2. The highest BCUT2D eigenvalue weighted by Crippen LogP contribution is 2.38. The molecule has 2 atom stereocenters. The van der Waals surface area contributed by atoms with Crippen molar-refractivity contribution in [2.45, 2.75) is 45.0 Å². The Kier molecular flexibility index (Phi) is 7.78. The Morgan fingerprint density at radius 1 is 1.17 bits per heavy atom. The zero-order chi connectivity index (χ0) is 29.3. The van der Waals surface area contributed by atoms with Gasteiger partial charge in [-0.1, -0.05) is 36.4 Å². The monoisotopic (exact) mass is 567 g/mol. The molecular weight excluding hydrogens is 539 g/mol. The van der Waals surface area contributed by atoms with Gasteiger partial charge >= 0.3 is 0 Å². The van der Waals surface area contributed by atoms with Crippen molar-refractivity contribution in [3.63, 3.8) is 0 Å². The number of pyridine rings is 1. The van der Waals surface area contributed by atoms with Gasteiger partial charge in [-0.2, -0.15) is 0 Å². The van der Waals surface area contributed by atoms with Crippen LogP contribution in [0.2, 0.25) is 0 Å². The highest BCUT2D eigenvalue weighted by molar-refractivity contribution is 6.00. The number of aromatic nitrogens is 1. The molecule has 2 aromatic carbocycles. The van der Waals surface area contributed by atoms with E-state index < -0.39 is 52.8 Å². The predicted molar refractivity (Wildman–Crippen MR) is 144 cm³/mol. The van der Waals surface area contributed by atoms with Crippen molar-refractivity contribution in [3.05, 3.63) is 110 Å². The molecule has 11 heteroatoms. The van der Waals surface area contributed by atoms with Crippen molar-refractivity contribution in [2.24, 2.45) is 0 Å². The summed E-state index contributed by atoms with van der Waals surface area (Å²) in [6.45, 7) is 1.33. The molecule has 3 heterocycles. The molecule has 0 spiro atoms. The number of amides is 2. The zero-order valence-electron chi connectivity index (χ0n) is 22.0. The molecule has 0 saturated heterocycles. The van der Waals surface area contributed by atoms with Gasteiger partial charge in [0.1, 0.15) is 35.9 Å². The molecule has 0 aliphatic carbocycles. The van der Waals surface area contributed by atoms with Crippen LogP contribution in [0.3, 0.4) is 0 Å². The fourth-order valence-corrected chi connectivity index (χ4v) is 5.37. The molecule has 0 radical (unpaired) electrons. The third-order valence-electron chi connectivity index (χ3n) is 7.36. The highest BCUT2D eigenvalue weighted by atomic mass is 19.1. The second-order valence-electron chi connectivity index (χ2n) is 9.92. The molecule has 2 aliphatic rings. The summed E-state index contributed by atoms with van der Waals surface area (Å²) in [6.07, 6.45) is 4.30. The minimum Gasteiger partial charge on any atom is -0.483 e. The summed E-state index contributed by atoms with van der Waals surface area (Å²) in [7, 11) is 0. The van der Waals surface area contributed by atoms with Crippen LogP contribution in [0.25, 0.3) is 0 Å². The average molecular weight is 568 g/mol. The molecule has 0 saturated carbocycles. The number of benzene rings is 2. The lowest BCUT2D eigenvalue weighted by atomic mass is 10.1. The van der Waals surface area contributed by atoms with Gasteiger partial charge in [0, 0.05) is 43.9 Å². The van der Waals surface area contributed by atoms with Gasteiger partial charge in [0.05, 0.1) is 6.04 Å². The van der Waals surface area contributed by atoms with Crippen LogP contribution in [-0.2, 0) is 24.4 Å². The van der Waals surface area contributed by atoms with E-state index in [0.29, 0.717) is 37.0 Å². The number of carbonyl (C=O) groups is 3. The number of halogens is 3. The van der Waals surface area contributed by atoms with Gasteiger partial charge in [-0.25, -0.2) is 13.2 Å². The zero-order valence-corrected chi connectivity index (χ0v) is 22.0. The molecule has 0 bridgehead atoms. The first-order chi connectivity index (χ1) is 19.7. The van der Waals surface area contributed by atoms with Gasteiger partial charge in [0.15, 0.2) is 11.4 Å². The van der Waals surface area contributed by atoms with Crippen molar-refractivity contribution < 1.29 is 33.7 Å². The van der Waals surface area contributed by atoms with Crippen LogP contribution >= 0.6 is 0 Å². The molecule has 5 rings (SSSR count). The highest BCUT2D eigenvalue weighted by Gasteiger charge is 2.42. The Morgan fingerprint density at radius 2 is 1.88 bits per heavy atom. The van der Waals surface area contributed by atoms with E-state index in [1.54, 1.807) is 46.7 Å². The second kappa shape index (κ2) is 11.4. The number of nitrogens with one attached hydrogen (secondary N) is 1. The lowest BCUT2D eigenvalue weighted by Crippen LogP contribution is -2.48. The summed E-state index contributed by atoms with van der Waals surface area (Å²) in [6, 6.07) is 9.21. The molecule has 0 unspecified atom stereocenters. The fourth-order valence-electron chi connectivity index (χ4n) is 5.37. The van der Waals surface area contributed by atoms with Crippen LogP contribution in [-0.4, -0.2) is 40.2 Å². The number of rotatable bonds is 9. The maximum Gasteiger partial charge on any atom is 0.275 e. The number of allylic oxidation sites excluding steroid dienone is 1. The SMILES string of the molecule is C[C@@H](/C=C\C=O)N1C[C@H]2CCc3c(C(=O)NCc4c(F)cc(F)cc4F)c(=O)c(OCc4ccccc4)c(n32)C1=O.[HH]. The van der Waals surface area contributed by atoms with Crippen molar-refractivity contribution in [3.8, 4) is 5.75 Å². The quantitative estimate of drug-likeness (QED) is 0.310. The van der Waals surface area contributed by atoms with Crippen molar-refractivity contribution >= 4 is 18.1 Å². The number of nitrogens with zero attached hydrogens (tertiary/aromatic N) is 2. The Hall–Kier alpha value is -4.67. The van der Waals surface area contributed by atoms with E-state index in [2.05, 4.69) is 5.32 Å². The molecule has 214 valence electrons. The van der Waals surface area contributed by atoms with Crippen molar-refractivity contribution in [1.29, 1.82) is 0 Å². The van der Waals surface area contributed by atoms with Crippen LogP contribution < -0.4 is 15.5 Å². The summed E-state index contributed by atoms with van der Waals surface area (Å²) in [4.78, 5) is 53.4. The third kappa shape index (κ3) is 5.27. The van der Waals surface area contributed by atoms with Gasteiger partial charge < -0.3 is 19.5 Å². The number of hydrogen-bond acceptors (Lipinski definition) is 5. The summed E-state index contributed by atoms with van der Waals surface area (Å²) in [5, 5.41) is 2.37. The number of ether oxygens (including phenoxy) is 1. The smallest absolute Gasteiger partial charge is 0.275 e. The molecule has 41 heavy (non-hydrogen) atoms. The minimum atomic E-state index is -1.18. The van der Waals surface area contributed by atoms with Crippen LogP contribution in [0.15, 0.2) is 59.4 Å². The lowest BCUT2D eigenvalue weighted by molar-refractivity contribution is -0.104. The summed E-state index contributed by atoms with van der Waals surface area (Å²) in [5.74, 6) is -5.15. The average Bonchev–Trinajstić information content (AvgIpc) is 3.36. The molecule has 2 aliphatic heterocycles. The minimum absolute atomic E-state index is 0. The van der Waals surface area contributed by atoms with Gasteiger partial charge in [-0.3, -0.25) is 19.2 Å². The fraction of sp³-hybridized carbons (Fsp3) is 0.267. The van der Waals surface area contributed by atoms with E-state index in [0.717, 1.165) is 5.56 Å². The van der Waals surface area contributed by atoms with Gasteiger partial charge in [-0.15, -0.1) is 0 Å². The number of carbonyl (C=O) groups excluding carboxylic acids is 3. The topological polar surface area (TPSA) is 97.7 Å². The van der Waals surface area contributed by atoms with Crippen LogP contribution in [0.4, 0.5) is 13.2 Å². The Bertz CT molecular complexity index is 1600. The van der Waals surface area contributed by atoms with E-state index >= 15 is 0 Å². The van der Waals surface area contributed by atoms with E-state index in [1.807, 2.05) is 6.07 Å². The Balaban J connectivity index is 0.00000405. The van der Waals surface area contributed by atoms with Gasteiger partial charge in [0.2, 0.25) is 5.43 Å². The van der Waals surface area contributed by atoms with Crippen molar-refractivity contribution in [2.75, 3.05) is 6.54 Å². The summed E-state index contributed by atoms with van der Waals surface area (Å²) < 4.78 is 49.3. The van der Waals surface area contributed by atoms with E-state index in [1.165, 1.54) is 6.08 Å². The lowest BCUT2D eigenvalue weighted by Gasteiger charge is -2.37. The van der Waals surface area contributed by atoms with E-state index in [4.69, 9.17) is 4.74 Å². The largest absolute Gasteiger partial charge is 0.483 e.